The molecule has 1 amide bonds. The predicted molar refractivity (Wildman–Crippen MR) is 62.2 cm³/mol. The second kappa shape index (κ2) is 5.64. The summed E-state index contributed by atoms with van der Waals surface area (Å²) >= 11 is 1.72. The quantitative estimate of drug-likeness (QED) is 0.782. The lowest BCUT2D eigenvalue weighted by molar-refractivity contribution is -0.117. The fraction of sp³-hybridized carbons (Fsp3) is 0.909. The van der Waals surface area contributed by atoms with Crippen LogP contribution in [0.15, 0.2) is 0 Å². The summed E-state index contributed by atoms with van der Waals surface area (Å²) in [6.07, 6.45) is 5.41. The van der Waals surface area contributed by atoms with E-state index in [4.69, 9.17) is 5.73 Å². The molecule has 82 valence electrons. The third-order valence-corrected chi connectivity index (χ3v) is 4.42. The van der Waals surface area contributed by atoms with Crippen LogP contribution in [-0.2, 0) is 4.79 Å². The van der Waals surface area contributed by atoms with E-state index in [1.165, 1.54) is 25.7 Å². The summed E-state index contributed by atoms with van der Waals surface area (Å²) in [5, 5.41) is -0.0211. The topological polar surface area (TPSA) is 43.1 Å². The third-order valence-electron chi connectivity index (χ3n) is 3.03. The molecule has 1 fully saturated rings. The molecule has 0 aromatic heterocycles. The van der Waals surface area contributed by atoms with Gasteiger partial charge in [-0.2, -0.15) is 0 Å². The SMILES string of the molecule is C[C@@H]1CCC[C@@H](CS[C@@H](C)C(N)=O)C1. The molecule has 2 N–H and O–H groups in total. The Morgan fingerprint density at radius 1 is 1.57 bits per heavy atom. The van der Waals surface area contributed by atoms with Gasteiger partial charge in [-0.3, -0.25) is 4.79 Å². The van der Waals surface area contributed by atoms with Crippen molar-refractivity contribution < 1.29 is 4.79 Å². The van der Waals surface area contributed by atoms with Gasteiger partial charge in [-0.15, -0.1) is 11.8 Å². The van der Waals surface area contributed by atoms with E-state index >= 15 is 0 Å². The van der Waals surface area contributed by atoms with Gasteiger partial charge in [0.25, 0.3) is 0 Å². The molecular formula is C11H21NOS. The number of thioether (sulfide) groups is 1. The van der Waals surface area contributed by atoms with Gasteiger partial charge in [0.05, 0.1) is 5.25 Å². The molecule has 0 unspecified atom stereocenters. The van der Waals surface area contributed by atoms with Crippen molar-refractivity contribution in [2.24, 2.45) is 17.6 Å². The highest BCUT2D eigenvalue weighted by molar-refractivity contribution is 8.00. The molecule has 0 bridgehead atoms. The van der Waals surface area contributed by atoms with Crippen LogP contribution >= 0.6 is 11.8 Å². The zero-order chi connectivity index (χ0) is 10.6. The number of hydrogen-bond acceptors (Lipinski definition) is 2. The maximum absolute atomic E-state index is 10.8. The molecule has 1 aliphatic rings. The van der Waals surface area contributed by atoms with E-state index < -0.39 is 0 Å². The Hall–Kier alpha value is -0.180. The molecule has 0 radical (unpaired) electrons. The zero-order valence-electron chi connectivity index (χ0n) is 9.16. The zero-order valence-corrected chi connectivity index (χ0v) is 9.98. The summed E-state index contributed by atoms with van der Waals surface area (Å²) in [6, 6.07) is 0. The Morgan fingerprint density at radius 2 is 2.29 bits per heavy atom. The fourth-order valence-corrected chi connectivity index (χ4v) is 3.10. The first-order valence-electron chi connectivity index (χ1n) is 5.50. The minimum Gasteiger partial charge on any atom is -0.369 e. The lowest BCUT2D eigenvalue weighted by atomic mass is 9.83. The monoisotopic (exact) mass is 215 g/mol. The molecular weight excluding hydrogens is 194 g/mol. The van der Waals surface area contributed by atoms with Crippen molar-refractivity contribution in [1.29, 1.82) is 0 Å². The van der Waals surface area contributed by atoms with Crippen molar-refractivity contribution in [3.63, 3.8) is 0 Å². The van der Waals surface area contributed by atoms with Crippen molar-refractivity contribution in [2.75, 3.05) is 5.75 Å². The minimum atomic E-state index is -0.182. The first-order valence-corrected chi connectivity index (χ1v) is 6.55. The normalized spacial score (nSPS) is 29.9. The molecule has 3 heteroatoms. The van der Waals surface area contributed by atoms with Crippen molar-refractivity contribution in [3.8, 4) is 0 Å². The first-order chi connectivity index (χ1) is 6.59. The number of amides is 1. The highest BCUT2D eigenvalue weighted by atomic mass is 32.2. The second-order valence-corrected chi connectivity index (χ2v) is 5.89. The van der Waals surface area contributed by atoms with Crippen molar-refractivity contribution in [3.05, 3.63) is 0 Å². The summed E-state index contributed by atoms with van der Waals surface area (Å²) in [5.41, 5.74) is 5.22. The van der Waals surface area contributed by atoms with Gasteiger partial charge in [0.2, 0.25) is 5.91 Å². The Bertz CT molecular complexity index is 196. The summed E-state index contributed by atoms with van der Waals surface area (Å²) < 4.78 is 0. The Balaban J connectivity index is 2.20. The average Bonchev–Trinajstić information content (AvgIpc) is 2.14. The van der Waals surface area contributed by atoms with E-state index in [0.717, 1.165) is 17.6 Å². The number of hydrogen-bond donors (Lipinski definition) is 1. The maximum Gasteiger partial charge on any atom is 0.230 e. The standard InChI is InChI=1S/C11H21NOS/c1-8-4-3-5-10(6-8)7-14-9(2)11(12)13/h8-10H,3-7H2,1-2H3,(H2,12,13)/t8-,9+,10-/m1/s1. The van der Waals surface area contributed by atoms with Crippen LogP contribution in [0, 0.1) is 11.8 Å². The van der Waals surface area contributed by atoms with Crippen molar-refractivity contribution in [2.45, 2.75) is 44.8 Å². The van der Waals surface area contributed by atoms with Crippen molar-refractivity contribution in [1.82, 2.24) is 0 Å². The van der Waals surface area contributed by atoms with Crippen LogP contribution in [0.1, 0.15) is 39.5 Å². The van der Waals surface area contributed by atoms with Gasteiger partial charge in [-0.25, -0.2) is 0 Å². The van der Waals surface area contributed by atoms with Crippen LogP contribution in [0.25, 0.3) is 0 Å². The smallest absolute Gasteiger partial charge is 0.230 e. The maximum atomic E-state index is 10.8. The molecule has 0 aromatic rings. The van der Waals surface area contributed by atoms with Gasteiger partial charge in [-0.1, -0.05) is 19.8 Å². The summed E-state index contributed by atoms with van der Waals surface area (Å²) in [5.74, 6) is 2.61. The summed E-state index contributed by atoms with van der Waals surface area (Å²) in [7, 11) is 0. The molecule has 1 aliphatic carbocycles. The molecule has 0 aliphatic heterocycles. The molecule has 0 aromatic carbocycles. The molecule has 0 saturated heterocycles. The summed E-state index contributed by atoms with van der Waals surface area (Å²) in [4.78, 5) is 10.8. The van der Waals surface area contributed by atoms with Crippen LogP contribution in [0.5, 0.6) is 0 Å². The van der Waals surface area contributed by atoms with Crippen molar-refractivity contribution >= 4 is 17.7 Å². The number of rotatable bonds is 4. The largest absolute Gasteiger partial charge is 0.369 e. The van der Waals surface area contributed by atoms with E-state index in [2.05, 4.69) is 6.92 Å². The van der Waals surface area contributed by atoms with Crippen LogP contribution in [0.3, 0.4) is 0 Å². The highest BCUT2D eigenvalue weighted by Crippen LogP contribution is 2.31. The second-order valence-electron chi connectivity index (χ2n) is 4.52. The average molecular weight is 215 g/mol. The number of carbonyl (C=O) groups is 1. The summed E-state index contributed by atoms with van der Waals surface area (Å²) in [6.45, 7) is 4.23. The Labute approximate surface area is 91.0 Å². The molecule has 14 heavy (non-hydrogen) atoms. The van der Waals surface area contributed by atoms with Gasteiger partial charge >= 0.3 is 0 Å². The molecule has 3 atom stereocenters. The lowest BCUT2D eigenvalue weighted by Crippen LogP contribution is -2.24. The number of primary amides is 1. The lowest BCUT2D eigenvalue weighted by Gasteiger charge is -2.26. The Kier molecular flexibility index (Phi) is 4.79. The van der Waals surface area contributed by atoms with Gasteiger partial charge in [0.1, 0.15) is 0 Å². The highest BCUT2D eigenvalue weighted by Gasteiger charge is 2.20. The first kappa shape index (κ1) is 11.9. The molecule has 1 rings (SSSR count). The van der Waals surface area contributed by atoms with E-state index in [0.29, 0.717) is 0 Å². The van der Waals surface area contributed by atoms with Gasteiger partial charge < -0.3 is 5.73 Å². The minimum absolute atomic E-state index is 0.0211. The molecule has 0 heterocycles. The molecule has 1 saturated carbocycles. The number of carbonyl (C=O) groups excluding carboxylic acids is 1. The molecule has 2 nitrogen and oxygen atoms in total. The van der Waals surface area contributed by atoms with Crippen LogP contribution in [0.4, 0.5) is 0 Å². The Morgan fingerprint density at radius 3 is 2.86 bits per heavy atom. The third kappa shape index (κ3) is 3.91. The van der Waals surface area contributed by atoms with Crippen LogP contribution < -0.4 is 5.73 Å². The van der Waals surface area contributed by atoms with Crippen LogP contribution in [0.2, 0.25) is 0 Å². The fourth-order valence-electron chi connectivity index (χ4n) is 2.07. The predicted octanol–water partition coefficient (Wildman–Crippen LogP) is 2.42. The van der Waals surface area contributed by atoms with E-state index in [9.17, 15) is 4.79 Å². The van der Waals surface area contributed by atoms with E-state index in [-0.39, 0.29) is 11.2 Å². The van der Waals surface area contributed by atoms with Gasteiger partial charge in [0.15, 0.2) is 0 Å². The van der Waals surface area contributed by atoms with E-state index in [1.54, 1.807) is 11.8 Å². The number of nitrogens with two attached hydrogens (primary N) is 1. The van der Waals surface area contributed by atoms with E-state index in [1.807, 2.05) is 6.92 Å². The van der Waals surface area contributed by atoms with Gasteiger partial charge in [-0.05, 0) is 37.4 Å². The molecule has 0 spiro atoms. The van der Waals surface area contributed by atoms with Gasteiger partial charge in [0, 0.05) is 0 Å². The van der Waals surface area contributed by atoms with Crippen LogP contribution in [-0.4, -0.2) is 16.9 Å².